The van der Waals surface area contributed by atoms with Crippen LogP contribution in [0, 0.1) is 0 Å². The molecule has 0 aromatic rings. The fraction of sp³-hybridized carbons (Fsp3) is 0.667. The molecule has 42 valence electrons. The molecule has 0 unspecified atom stereocenters. The first-order valence-corrected chi connectivity index (χ1v) is 2.62. The summed E-state index contributed by atoms with van der Waals surface area (Å²) in [5, 5.41) is 0. The van der Waals surface area contributed by atoms with Crippen LogP contribution in [0.3, 0.4) is 0 Å². The second-order valence-electron chi connectivity index (χ2n) is 0.918. The molecule has 0 aromatic carbocycles. The van der Waals surface area contributed by atoms with Crippen LogP contribution in [-0.4, -0.2) is 23.3 Å². The molecule has 0 bridgehead atoms. The number of alkyl halides is 1. The summed E-state index contributed by atoms with van der Waals surface area (Å²) in [6, 6.07) is 0. The van der Waals surface area contributed by atoms with Crippen LogP contribution < -0.4 is 0 Å². The van der Waals surface area contributed by atoms with Gasteiger partial charge in [-0.05, 0) is 0 Å². The van der Waals surface area contributed by atoms with Crippen molar-refractivity contribution in [2.45, 2.75) is 0 Å². The predicted molar refractivity (Wildman–Crippen MR) is 29.3 cm³/mol. The van der Waals surface area contributed by atoms with Crippen molar-refractivity contribution in [2.75, 3.05) is 12.4 Å². The molecule has 0 aliphatic rings. The summed E-state index contributed by atoms with van der Waals surface area (Å²) in [4.78, 5) is 9.63. The Kier molecular flexibility index (Phi) is 4.25. The lowest BCUT2D eigenvalue weighted by atomic mass is 10.8. The highest BCUT2D eigenvalue weighted by Gasteiger charge is 1.89. The van der Waals surface area contributed by atoms with E-state index in [2.05, 4.69) is 0 Å². The molecule has 0 aliphatic heterocycles. The van der Waals surface area contributed by atoms with Crippen LogP contribution in [0.4, 0.5) is 0 Å². The molecule has 0 radical (unpaired) electrons. The number of nitrogens with zero attached hydrogens (tertiary/aromatic N) is 1. The van der Waals surface area contributed by atoms with Gasteiger partial charge in [0.15, 0.2) is 0 Å². The molecular weight excluding hydrogens is 137 g/mol. The molecule has 2 nitrogen and oxygen atoms in total. The first-order chi connectivity index (χ1) is 3.31. The largest absolute Gasteiger partial charge is 0.277 e. The van der Waals surface area contributed by atoms with Gasteiger partial charge < -0.3 is 0 Å². The van der Waals surface area contributed by atoms with Crippen molar-refractivity contribution < 1.29 is 4.79 Å². The van der Waals surface area contributed by atoms with E-state index in [9.17, 15) is 4.79 Å². The molecule has 0 heterocycles. The Morgan fingerprint density at radius 2 is 2.29 bits per heavy atom. The fourth-order valence-electron chi connectivity index (χ4n) is 0.133. The van der Waals surface area contributed by atoms with E-state index >= 15 is 0 Å². The van der Waals surface area contributed by atoms with Gasteiger partial charge in [0.1, 0.15) is 0 Å². The first kappa shape index (κ1) is 7.05. The van der Waals surface area contributed by atoms with Crippen LogP contribution in [0.25, 0.3) is 0 Å². The lowest BCUT2D eigenvalue weighted by Crippen LogP contribution is -2.11. The molecule has 7 heavy (non-hydrogen) atoms. The van der Waals surface area contributed by atoms with Crippen LogP contribution in [-0.2, 0) is 4.79 Å². The number of hydrogen-bond donors (Lipinski definition) is 0. The third kappa shape index (κ3) is 3.89. The molecule has 0 fully saturated rings. The second-order valence-corrected chi connectivity index (χ2v) is 1.73. The van der Waals surface area contributed by atoms with Crippen molar-refractivity contribution in [2.24, 2.45) is 0 Å². The lowest BCUT2D eigenvalue weighted by molar-refractivity contribution is -0.114. The molecule has 0 atom stereocenters. The zero-order valence-corrected chi connectivity index (χ0v) is 5.11. The lowest BCUT2D eigenvalue weighted by Gasteiger charge is -1.99. The third-order valence-electron chi connectivity index (χ3n) is 0.413. The molecule has 1 amide bonds. The van der Waals surface area contributed by atoms with E-state index in [1.54, 1.807) is 0 Å². The summed E-state index contributed by atoms with van der Waals surface area (Å²) in [5.41, 5.74) is 0. The number of rotatable bonds is 3. The normalized spacial score (nSPS) is 8.29. The smallest absolute Gasteiger partial charge is 0.224 e. The van der Waals surface area contributed by atoms with Crippen molar-refractivity contribution in [3.8, 4) is 0 Å². The van der Waals surface area contributed by atoms with Gasteiger partial charge in [0.25, 0.3) is 0 Å². The van der Waals surface area contributed by atoms with E-state index < -0.39 is 0 Å². The average Bonchev–Trinajstić information content (AvgIpc) is 1.68. The highest BCUT2D eigenvalue weighted by molar-refractivity contribution is 6.20. The highest BCUT2D eigenvalue weighted by Crippen LogP contribution is 1.87. The quantitative estimate of drug-likeness (QED) is 0.324. The summed E-state index contributed by atoms with van der Waals surface area (Å²) in [6.07, 6.45) is 0.518. The summed E-state index contributed by atoms with van der Waals surface area (Å²) >= 11 is 10.3. The van der Waals surface area contributed by atoms with Gasteiger partial charge in [0, 0.05) is 17.7 Å². The maximum absolute atomic E-state index is 9.63. The number of hydrogen-bond acceptors (Lipinski definition) is 1. The minimum Gasteiger partial charge on any atom is -0.277 e. The van der Waals surface area contributed by atoms with Crippen LogP contribution in [0.1, 0.15) is 0 Å². The zero-order valence-electron chi connectivity index (χ0n) is 3.60. The first-order valence-electron chi connectivity index (χ1n) is 1.75. The monoisotopic (exact) mass is 141 g/mol. The van der Waals surface area contributed by atoms with E-state index in [4.69, 9.17) is 23.4 Å². The summed E-state index contributed by atoms with van der Waals surface area (Å²) in [5.74, 6) is 0.377. The van der Waals surface area contributed by atoms with Crippen molar-refractivity contribution in [1.29, 1.82) is 0 Å². The Morgan fingerprint density at radius 3 is 2.43 bits per heavy atom. The van der Waals surface area contributed by atoms with E-state index in [-0.39, 0.29) is 0 Å². The van der Waals surface area contributed by atoms with Crippen LogP contribution in [0.5, 0.6) is 0 Å². The van der Waals surface area contributed by atoms with E-state index in [1.165, 1.54) is 0 Å². The maximum atomic E-state index is 9.63. The van der Waals surface area contributed by atoms with Crippen LogP contribution >= 0.6 is 23.4 Å². The van der Waals surface area contributed by atoms with Crippen LogP contribution in [0.2, 0.25) is 0 Å². The molecule has 0 aliphatic carbocycles. The molecule has 0 saturated heterocycles. The molecule has 0 N–H and O–H groups in total. The van der Waals surface area contributed by atoms with Crippen molar-refractivity contribution >= 4 is 29.8 Å². The molecular formula is C3H5Cl2NO. The molecule has 0 aromatic heterocycles. The average molecular weight is 142 g/mol. The third-order valence-corrected chi connectivity index (χ3v) is 0.830. The van der Waals surface area contributed by atoms with Gasteiger partial charge in [-0.3, -0.25) is 9.21 Å². The fourth-order valence-corrected chi connectivity index (χ4v) is 0.487. The number of carbonyl (C=O) groups excluding carboxylic acids is 1. The van der Waals surface area contributed by atoms with Gasteiger partial charge >= 0.3 is 0 Å². The van der Waals surface area contributed by atoms with E-state index in [0.29, 0.717) is 18.8 Å². The van der Waals surface area contributed by atoms with Crippen molar-refractivity contribution in [3.63, 3.8) is 0 Å². The second kappa shape index (κ2) is 4.22. The SMILES string of the molecule is O=CN(Cl)CCCl. The Labute approximate surface area is 52.1 Å². The topological polar surface area (TPSA) is 20.3 Å². The predicted octanol–water partition coefficient (Wildman–Crippen LogP) is 0.837. The summed E-state index contributed by atoms with van der Waals surface area (Å²) in [7, 11) is 0. The minimum absolute atomic E-state index is 0.377. The molecule has 0 saturated carbocycles. The van der Waals surface area contributed by atoms with Crippen molar-refractivity contribution in [3.05, 3.63) is 0 Å². The zero-order chi connectivity index (χ0) is 5.70. The number of halogens is 2. The van der Waals surface area contributed by atoms with Gasteiger partial charge in [-0.1, -0.05) is 0 Å². The van der Waals surface area contributed by atoms with E-state index in [0.717, 1.165) is 4.42 Å². The van der Waals surface area contributed by atoms with Gasteiger partial charge in [-0.25, -0.2) is 0 Å². The number of carbonyl (C=O) groups is 1. The van der Waals surface area contributed by atoms with Gasteiger partial charge in [-0.15, -0.1) is 11.6 Å². The summed E-state index contributed by atoms with van der Waals surface area (Å²) in [6.45, 7) is 0.395. The van der Waals surface area contributed by atoms with Gasteiger partial charge in [-0.2, -0.15) is 0 Å². The van der Waals surface area contributed by atoms with E-state index in [1.807, 2.05) is 0 Å². The number of amides is 1. The Hall–Kier alpha value is 0.0500. The van der Waals surface area contributed by atoms with Gasteiger partial charge in [0.2, 0.25) is 6.41 Å². The van der Waals surface area contributed by atoms with Crippen LogP contribution in [0.15, 0.2) is 0 Å². The highest BCUT2D eigenvalue weighted by atomic mass is 35.5. The summed E-state index contributed by atoms with van der Waals surface area (Å²) < 4.78 is 0.965. The molecule has 0 spiro atoms. The Balaban J connectivity index is 2.98. The Bertz CT molecular complexity index is 58.9. The standard InChI is InChI=1S/C3H5Cl2NO/c4-1-2-6(5)3-7/h3H,1-2H2. The Morgan fingerprint density at radius 1 is 1.71 bits per heavy atom. The minimum atomic E-state index is 0.377. The van der Waals surface area contributed by atoms with Crippen molar-refractivity contribution in [1.82, 2.24) is 4.42 Å². The maximum Gasteiger partial charge on any atom is 0.224 e. The van der Waals surface area contributed by atoms with Gasteiger partial charge in [0.05, 0.1) is 6.54 Å². The molecule has 0 rings (SSSR count). The molecule has 4 heteroatoms.